The van der Waals surface area contributed by atoms with Gasteiger partial charge in [0.15, 0.2) is 6.29 Å². The first-order valence-electron chi connectivity index (χ1n) is 6.48. The summed E-state index contributed by atoms with van der Waals surface area (Å²) in [4.78, 5) is 11.3. The van der Waals surface area contributed by atoms with Crippen molar-refractivity contribution in [1.29, 1.82) is 0 Å². The molecule has 0 saturated carbocycles. The number of hydrogen-bond acceptors (Lipinski definition) is 3. The first-order valence-corrected chi connectivity index (χ1v) is 6.48. The summed E-state index contributed by atoms with van der Waals surface area (Å²) < 4.78 is 11.3. The van der Waals surface area contributed by atoms with E-state index in [2.05, 4.69) is 0 Å². The molecule has 0 N–H and O–H groups in total. The molecule has 1 saturated heterocycles. The molecule has 0 spiro atoms. The molecule has 1 aliphatic heterocycles. The minimum absolute atomic E-state index is 0.0395. The van der Waals surface area contributed by atoms with Crippen molar-refractivity contribution < 1.29 is 14.3 Å². The van der Waals surface area contributed by atoms with Crippen LogP contribution in [0.25, 0.3) is 0 Å². The SMILES string of the molecule is C[C@@](C=O)(Cc1ccccc1)OC1CCCOC1. The van der Waals surface area contributed by atoms with Gasteiger partial charge in [0.25, 0.3) is 0 Å². The number of benzene rings is 1. The standard InChI is InChI=1S/C15H20O3/c1-15(12-16,10-13-6-3-2-4-7-13)18-14-8-5-9-17-11-14/h2-4,6-7,12,14H,5,8-11H2,1H3/t14?,15-/m0/s1. The second kappa shape index (κ2) is 6.12. The van der Waals surface area contributed by atoms with Gasteiger partial charge in [-0.15, -0.1) is 0 Å². The first kappa shape index (κ1) is 13.2. The smallest absolute Gasteiger partial charge is 0.151 e. The van der Waals surface area contributed by atoms with E-state index in [1.165, 1.54) is 0 Å². The van der Waals surface area contributed by atoms with E-state index in [0.717, 1.165) is 31.3 Å². The molecule has 2 rings (SSSR count). The lowest BCUT2D eigenvalue weighted by molar-refractivity contribution is -0.149. The van der Waals surface area contributed by atoms with Gasteiger partial charge in [-0.1, -0.05) is 30.3 Å². The van der Waals surface area contributed by atoms with Crippen molar-refractivity contribution in [2.45, 2.75) is 37.9 Å². The molecule has 18 heavy (non-hydrogen) atoms. The summed E-state index contributed by atoms with van der Waals surface area (Å²) in [5.41, 5.74) is 0.357. The van der Waals surface area contributed by atoms with Crippen LogP contribution in [-0.4, -0.2) is 31.2 Å². The molecule has 0 aliphatic carbocycles. The van der Waals surface area contributed by atoms with E-state index in [4.69, 9.17) is 9.47 Å². The molecular weight excluding hydrogens is 228 g/mol. The van der Waals surface area contributed by atoms with E-state index >= 15 is 0 Å². The Morgan fingerprint density at radius 2 is 2.22 bits per heavy atom. The fraction of sp³-hybridized carbons (Fsp3) is 0.533. The van der Waals surface area contributed by atoms with Gasteiger partial charge in [0.1, 0.15) is 5.60 Å². The summed E-state index contributed by atoms with van der Waals surface area (Å²) in [6.07, 6.45) is 3.53. The van der Waals surface area contributed by atoms with Crippen molar-refractivity contribution in [2.24, 2.45) is 0 Å². The number of carbonyl (C=O) groups is 1. The molecule has 98 valence electrons. The summed E-state index contributed by atoms with van der Waals surface area (Å²) in [5, 5.41) is 0. The number of carbonyl (C=O) groups excluding carboxylic acids is 1. The Balaban J connectivity index is 1.98. The van der Waals surface area contributed by atoms with Crippen molar-refractivity contribution in [3.8, 4) is 0 Å². The molecule has 1 aliphatic rings. The average Bonchev–Trinajstić information content (AvgIpc) is 2.41. The minimum Gasteiger partial charge on any atom is -0.379 e. The lowest BCUT2D eigenvalue weighted by Gasteiger charge is -2.31. The quantitative estimate of drug-likeness (QED) is 0.750. The predicted octanol–water partition coefficient (Wildman–Crippen LogP) is 2.38. The van der Waals surface area contributed by atoms with Gasteiger partial charge < -0.3 is 14.3 Å². The first-order chi connectivity index (χ1) is 8.72. The monoisotopic (exact) mass is 248 g/mol. The van der Waals surface area contributed by atoms with E-state index in [-0.39, 0.29) is 6.10 Å². The lowest BCUT2D eigenvalue weighted by atomic mass is 9.97. The number of rotatable bonds is 5. The highest BCUT2D eigenvalue weighted by atomic mass is 16.5. The molecule has 3 heteroatoms. The van der Waals surface area contributed by atoms with E-state index in [9.17, 15) is 4.79 Å². The lowest BCUT2D eigenvalue weighted by Crippen LogP contribution is -2.40. The summed E-state index contributed by atoms with van der Waals surface area (Å²) >= 11 is 0. The van der Waals surface area contributed by atoms with Crippen LogP contribution in [0.15, 0.2) is 30.3 Å². The molecule has 1 fully saturated rings. The van der Waals surface area contributed by atoms with E-state index < -0.39 is 5.60 Å². The van der Waals surface area contributed by atoms with Gasteiger partial charge in [-0.3, -0.25) is 0 Å². The fourth-order valence-electron chi connectivity index (χ4n) is 2.30. The zero-order valence-electron chi connectivity index (χ0n) is 10.8. The Morgan fingerprint density at radius 3 is 2.83 bits per heavy atom. The maximum Gasteiger partial charge on any atom is 0.151 e. The fourth-order valence-corrected chi connectivity index (χ4v) is 2.30. The van der Waals surface area contributed by atoms with Crippen molar-refractivity contribution in [3.05, 3.63) is 35.9 Å². The molecule has 1 aromatic carbocycles. The van der Waals surface area contributed by atoms with Crippen LogP contribution in [0.2, 0.25) is 0 Å². The summed E-state index contributed by atoms with van der Waals surface area (Å²) in [6, 6.07) is 9.96. The maximum atomic E-state index is 11.3. The molecule has 0 radical (unpaired) electrons. The van der Waals surface area contributed by atoms with Gasteiger partial charge in [0, 0.05) is 13.0 Å². The van der Waals surface area contributed by atoms with E-state index in [0.29, 0.717) is 13.0 Å². The molecule has 1 aromatic rings. The van der Waals surface area contributed by atoms with Gasteiger partial charge in [-0.2, -0.15) is 0 Å². The number of ether oxygens (including phenoxy) is 2. The molecule has 0 aromatic heterocycles. The van der Waals surface area contributed by atoms with Crippen LogP contribution in [0.5, 0.6) is 0 Å². The van der Waals surface area contributed by atoms with Crippen LogP contribution in [-0.2, 0) is 20.7 Å². The van der Waals surface area contributed by atoms with Crippen LogP contribution < -0.4 is 0 Å². The van der Waals surface area contributed by atoms with E-state index in [1.807, 2.05) is 37.3 Å². The Kier molecular flexibility index (Phi) is 4.50. The third kappa shape index (κ3) is 3.65. The van der Waals surface area contributed by atoms with Crippen LogP contribution in [0.3, 0.4) is 0 Å². The molecule has 0 amide bonds. The third-order valence-corrected chi connectivity index (χ3v) is 3.20. The summed E-state index contributed by atoms with van der Waals surface area (Å²) in [7, 11) is 0. The van der Waals surface area contributed by atoms with Crippen molar-refractivity contribution in [3.63, 3.8) is 0 Å². The van der Waals surface area contributed by atoms with Gasteiger partial charge in [0.2, 0.25) is 0 Å². The highest BCUT2D eigenvalue weighted by molar-refractivity contribution is 5.62. The van der Waals surface area contributed by atoms with Crippen LogP contribution in [0.4, 0.5) is 0 Å². The maximum absolute atomic E-state index is 11.3. The van der Waals surface area contributed by atoms with Crippen LogP contribution in [0.1, 0.15) is 25.3 Å². The van der Waals surface area contributed by atoms with Crippen molar-refractivity contribution >= 4 is 6.29 Å². The van der Waals surface area contributed by atoms with Gasteiger partial charge in [-0.25, -0.2) is 0 Å². The highest BCUT2D eigenvalue weighted by Crippen LogP contribution is 2.21. The largest absolute Gasteiger partial charge is 0.379 e. The molecule has 1 heterocycles. The Bertz CT molecular complexity index is 371. The summed E-state index contributed by atoms with van der Waals surface area (Å²) in [5.74, 6) is 0. The molecule has 3 nitrogen and oxygen atoms in total. The highest BCUT2D eigenvalue weighted by Gasteiger charge is 2.29. The van der Waals surface area contributed by atoms with Gasteiger partial charge >= 0.3 is 0 Å². The predicted molar refractivity (Wildman–Crippen MR) is 69.5 cm³/mol. The Labute approximate surface area is 108 Å². The topological polar surface area (TPSA) is 35.5 Å². The second-order valence-electron chi connectivity index (χ2n) is 5.05. The van der Waals surface area contributed by atoms with E-state index in [1.54, 1.807) is 0 Å². The normalized spacial score (nSPS) is 23.3. The average molecular weight is 248 g/mol. The zero-order valence-corrected chi connectivity index (χ0v) is 10.8. The molecule has 2 atom stereocenters. The minimum atomic E-state index is -0.757. The van der Waals surface area contributed by atoms with Gasteiger partial charge in [0.05, 0.1) is 12.7 Å². The van der Waals surface area contributed by atoms with Crippen molar-refractivity contribution in [1.82, 2.24) is 0 Å². The zero-order chi connectivity index (χ0) is 12.8. The second-order valence-corrected chi connectivity index (χ2v) is 5.05. The van der Waals surface area contributed by atoms with Gasteiger partial charge in [-0.05, 0) is 25.3 Å². The molecule has 1 unspecified atom stereocenters. The Morgan fingerprint density at radius 1 is 1.44 bits per heavy atom. The van der Waals surface area contributed by atoms with Crippen molar-refractivity contribution in [2.75, 3.05) is 13.2 Å². The van der Waals surface area contributed by atoms with Crippen LogP contribution >= 0.6 is 0 Å². The number of aldehydes is 1. The van der Waals surface area contributed by atoms with Crippen LogP contribution in [0, 0.1) is 0 Å². The third-order valence-electron chi connectivity index (χ3n) is 3.20. The number of hydrogen-bond donors (Lipinski definition) is 0. The summed E-state index contributed by atoms with van der Waals surface area (Å²) in [6.45, 7) is 3.25. The Hall–Kier alpha value is -1.19. The molecular formula is C15H20O3. The molecule has 0 bridgehead atoms.